The van der Waals surface area contributed by atoms with Crippen LogP contribution in [0.4, 0.5) is 29.3 Å². The molecule has 2 aromatic carbocycles. The van der Waals surface area contributed by atoms with Gasteiger partial charge in [-0.3, -0.25) is 9.69 Å². The number of anilines is 2. The number of nitrogens with zero attached hydrogens (tertiary/aromatic N) is 3. The minimum atomic E-state index is -4.57. The molecule has 0 spiro atoms. The van der Waals surface area contributed by atoms with Gasteiger partial charge in [-0.25, -0.2) is 9.78 Å². The van der Waals surface area contributed by atoms with E-state index in [-0.39, 0.29) is 17.8 Å². The second kappa shape index (κ2) is 10.3. The Labute approximate surface area is 203 Å². The highest BCUT2D eigenvalue weighted by atomic mass is 35.5. The van der Waals surface area contributed by atoms with Crippen molar-refractivity contribution < 1.29 is 27.5 Å². The summed E-state index contributed by atoms with van der Waals surface area (Å²) in [5.74, 6) is -0.476. The molecule has 1 heterocycles. The van der Waals surface area contributed by atoms with Crippen molar-refractivity contribution in [1.29, 1.82) is 0 Å². The first-order valence-electron chi connectivity index (χ1n) is 9.72. The first kappa shape index (κ1) is 25.3. The lowest BCUT2D eigenvalue weighted by atomic mass is 10.1. The molecule has 6 nitrogen and oxygen atoms in total. The molecule has 2 amide bonds. The molecule has 0 aliphatic rings. The first-order valence-corrected chi connectivity index (χ1v) is 10.5. The number of methoxy groups -OCH3 is 1. The van der Waals surface area contributed by atoms with Gasteiger partial charge in [0.1, 0.15) is 5.69 Å². The Morgan fingerprint density at radius 3 is 2.21 bits per heavy atom. The smallest absolute Gasteiger partial charge is 0.433 e. The Morgan fingerprint density at radius 1 is 1.00 bits per heavy atom. The Bertz CT molecular complexity index is 1190. The standard InChI is InChI=1S/C23H18Cl2F3N3O3/c1-30(17-10-11-19(29-12-17)23(26,27)28)21(32)14-6-8-16(9-7-14)31(22(33)34-2)13-15-4-3-5-18(24)20(15)25/h3-12H,13H2,1-2H3. The van der Waals surface area contributed by atoms with Crippen LogP contribution in [0.2, 0.25) is 10.0 Å². The molecule has 0 unspecified atom stereocenters. The fraction of sp³-hybridized carbons (Fsp3) is 0.174. The van der Waals surface area contributed by atoms with E-state index in [1.165, 1.54) is 36.1 Å². The Kier molecular flexibility index (Phi) is 7.68. The van der Waals surface area contributed by atoms with E-state index in [1.807, 2.05) is 0 Å². The topological polar surface area (TPSA) is 62.7 Å². The van der Waals surface area contributed by atoms with E-state index in [1.54, 1.807) is 30.3 Å². The van der Waals surface area contributed by atoms with Crippen LogP contribution in [0.3, 0.4) is 0 Å². The molecule has 3 rings (SSSR count). The Morgan fingerprint density at radius 2 is 1.65 bits per heavy atom. The van der Waals surface area contributed by atoms with Crippen molar-refractivity contribution in [3.63, 3.8) is 0 Å². The maximum Gasteiger partial charge on any atom is 0.433 e. The number of halogens is 5. The second-order valence-electron chi connectivity index (χ2n) is 7.08. The molecule has 178 valence electrons. The summed E-state index contributed by atoms with van der Waals surface area (Å²) in [4.78, 5) is 31.1. The van der Waals surface area contributed by atoms with Crippen LogP contribution >= 0.6 is 23.2 Å². The number of carbonyl (C=O) groups excluding carboxylic acids is 2. The van der Waals surface area contributed by atoms with Gasteiger partial charge in [0.05, 0.1) is 35.6 Å². The van der Waals surface area contributed by atoms with Gasteiger partial charge in [0.2, 0.25) is 0 Å². The summed E-state index contributed by atoms with van der Waals surface area (Å²) in [6, 6.07) is 13.1. The van der Waals surface area contributed by atoms with E-state index in [0.717, 1.165) is 18.3 Å². The fourth-order valence-electron chi connectivity index (χ4n) is 3.06. The molecule has 1 aromatic heterocycles. The van der Waals surface area contributed by atoms with Crippen molar-refractivity contribution in [2.24, 2.45) is 0 Å². The van der Waals surface area contributed by atoms with Gasteiger partial charge in [-0.2, -0.15) is 13.2 Å². The predicted molar refractivity (Wildman–Crippen MR) is 123 cm³/mol. The van der Waals surface area contributed by atoms with Crippen LogP contribution in [0.1, 0.15) is 21.6 Å². The largest absolute Gasteiger partial charge is 0.452 e. The van der Waals surface area contributed by atoms with E-state index < -0.39 is 23.9 Å². The number of amides is 2. The van der Waals surface area contributed by atoms with Gasteiger partial charge >= 0.3 is 12.3 Å². The first-order chi connectivity index (χ1) is 16.0. The SMILES string of the molecule is COC(=O)N(Cc1cccc(Cl)c1Cl)c1ccc(C(=O)N(C)c2ccc(C(F)(F)F)nc2)cc1. The number of hydrogen-bond acceptors (Lipinski definition) is 4. The summed E-state index contributed by atoms with van der Waals surface area (Å²) < 4.78 is 43.0. The van der Waals surface area contributed by atoms with E-state index >= 15 is 0 Å². The van der Waals surface area contributed by atoms with Gasteiger partial charge in [-0.05, 0) is 48.0 Å². The number of aromatic nitrogens is 1. The minimum Gasteiger partial charge on any atom is -0.452 e. The van der Waals surface area contributed by atoms with Crippen molar-refractivity contribution in [3.8, 4) is 0 Å². The molecule has 0 bridgehead atoms. The van der Waals surface area contributed by atoms with Gasteiger partial charge in [0.25, 0.3) is 5.91 Å². The Hall–Kier alpha value is -3.30. The van der Waals surface area contributed by atoms with Gasteiger partial charge < -0.3 is 9.64 Å². The summed E-state index contributed by atoms with van der Waals surface area (Å²) in [6.07, 6.45) is -4.25. The summed E-state index contributed by atoms with van der Waals surface area (Å²) in [5.41, 5.74) is 0.405. The molecule has 11 heteroatoms. The number of benzene rings is 2. The van der Waals surface area contributed by atoms with E-state index in [9.17, 15) is 22.8 Å². The van der Waals surface area contributed by atoms with Crippen molar-refractivity contribution in [2.45, 2.75) is 12.7 Å². The number of ether oxygens (including phenoxy) is 1. The summed E-state index contributed by atoms with van der Waals surface area (Å²) in [6.45, 7) is 0.0660. The van der Waals surface area contributed by atoms with Gasteiger partial charge in [0, 0.05) is 18.3 Å². The molecule has 0 atom stereocenters. The highest BCUT2D eigenvalue weighted by Gasteiger charge is 2.32. The molecule has 0 saturated heterocycles. The van der Waals surface area contributed by atoms with Crippen molar-refractivity contribution in [1.82, 2.24) is 4.98 Å². The summed E-state index contributed by atoms with van der Waals surface area (Å²) in [5, 5.41) is 0.641. The highest BCUT2D eigenvalue weighted by molar-refractivity contribution is 6.42. The molecular weight excluding hydrogens is 494 g/mol. The van der Waals surface area contributed by atoms with Crippen LogP contribution in [0.5, 0.6) is 0 Å². The lowest BCUT2D eigenvalue weighted by Crippen LogP contribution is -2.30. The van der Waals surface area contributed by atoms with Crippen LogP contribution in [0.25, 0.3) is 0 Å². The van der Waals surface area contributed by atoms with Crippen molar-refractivity contribution in [2.75, 3.05) is 24.0 Å². The zero-order chi connectivity index (χ0) is 25.0. The van der Waals surface area contributed by atoms with Crippen LogP contribution in [-0.4, -0.2) is 31.1 Å². The number of alkyl halides is 3. The zero-order valence-corrected chi connectivity index (χ0v) is 19.4. The quantitative estimate of drug-likeness (QED) is 0.394. The third-order valence-electron chi connectivity index (χ3n) is 4.91. The van der Waals surface area contributed by atoms with Crippen LogP contribution < -0.4 is 9.80 Å². The molecule has 0 fully saturated rings. The summed E-state index contributed by atoms with van der Waals surface area (Å²) >= 11 is 12.3. The van der Waals surface area contributed by atoms with Gasteiger partial charge in [0.15, 0.2) is 0 Å². The molecule has 0 aliphatic heterocycles. The Balaban J connectivity index is 1.81. The van der Waals surface area contributed by atoms with Crippen molar-refractivity contribution >= 4 is 46.6 Å². The lowest BCUT2D eigenvalue weighted by Gasteiger charge is -2.23. The molecule has 0 N–H and O–H groups in total. The minimum absolute atomic E-state index is 0.0660. The number of carbonyl (C=O) groups is 2. The number of pyridine rings is 1. The normalized spacial score (nSPS) is 11.1. The van der Waals surface area contributed by atoms with E-state index in [0.29, 0.717) is 21.3 Å². The van der Waals surface area contributed by atoms with Gasteiger partial charge in [-0.15, -0.1) is 0 Å². The zero-order valence-electron chi connectivity index (χ0n) is 17.9. The predicted octanol–water partition coefficient (Wildman–Crippen LogP) is 6.46. The second-order valence-corrected chi connectivity index (χ2v) is 7.86. The monoisotopic (exact) mass is 511 g/mol. The fourth-order valence-corrected chi connectivity index (χ4v) is 3.44. The highest BCUT2D eigenvalue weighted by Crippen LogP contribution is 2.30. The number of hydrogen-bond donors (Lipinski definition) is 0. The van der Waals surface area contributed by atoms with E-state index in [2.05, 4.69) is 4.98 Å². The third-order valence-corrected chi connectivity index (χ3v) is 5.77. The van der Waals surface area contributed by atoms with Gasteiger partial charge in [-0.1, -0.05) is 35.3 Å². The summed E-state index contributed by atoms with van der Waals surface area (Å²) in [7, 11) is 2.66. The molecule has 0 saturated carbocycles. The maximum atomic E-state index is 12.8. The molecule has 0 aliphatic carbocycles. The van der Waals surface area contributed by atoms with Crippen molar-refractivity contribution in [3.05, 3.63) is 87.7 Å². The third kappa shape index (κ3) is 5.60. The van der Waals surface area contributed by atoms with Crippen LogP contribution in [0.15, 0.2) is 60.8 Å². The lowest BCUT2D eigenvalue weighted by molar-refractivity contribution is -0.141. The van der Waals surface area contributed by atoms with Crippen LogP contribution in [-0.2, 0) is 17.5 Å². The number of rotatable bonds is 5. The molecule has 34 heavy (non-hydrogen) atoms. The van der Waals surface area contributed by atoms with Crippen LogP contribution in [0, 0.1) is 0 Å². The molecular formula is C23H18Cl2F3N3O3. The average molecular weight is 512 g/mol. The maximum absolute atomic E-state index is 12.8. The molecule has 0 radical (unpaired) electrons. The van der Waals surface area contributed by atoms with E-state index in [4.69, 9.17) is 27.9 Å². The molecule has 3 aromatic rings. The average Bonchev–Trinajstić information content (AvgIpc) is 2.83.